The van der Waals surface area contributed by atoms with Gasteiger partial charge in [-0.2, -0.15) is 0 Å². The number of rotatable bonds is 7. The number of hydrogen-bond donors (Lipinski definition) is 1. The molecule has 0 radical (unpaired) electrons. The highest BCUT2D eigenvalue weighted by atomic mass is 16.5. The Kier molecular flexibility index (Phi) is 4.59. The van der Waals surface area contributed by atoms with Crippen molar-refractivity contribution < 1.29 is 9.47 Å². The lowest BCUT2D eigenvalue weighted by Gasteiger charge is -2.41. The average molecular weight is 304 g/mol. The normalized spacial score (nSPS) is 19.7. The van der Waals surface area contributed by atoms with Gasteiger partial charge in [-0.25, -0.2) is 0 Å². The minimum Gasteiger partial charge on any atom is -0.484 e. The van der Waals surface area contributed by atoms with E-state index in [2.05, 4.69) is 42.3 Å². The minimum atomic E-state index is -0.145. The fourth-order valence-corrected chi connectivity index (χ4v) is 3.03. The second kappa shape index (κ2) is 6.47. The number of methoxy groups -OCH3 is 1. The third kappa shape index (κ3) is 3.93. The average Bonchev–Trinajstić information content (AvgIpc) is 3.29. The zero-order valence-electron chi connectivity index (χ0n) is 14.0. The summed E-state index contributed by atoms with van der Waals surface area (Å²) in [5.41, 5.74) is 2.42. The van der Waals surface area contributed by atoms with E-state index < -0.39 is 0 Å². The summed E-state index contributed by atoms with van der Waals surface area (Å²) in [6, 6.07) is 7.34. The largest absolute Gasteiger partial charge is 0.484 e. The molecule has 4 nitrogen and oxygen atoms in total. The molecule has 0 unspecified atom stereocenters. The fraction of sp³-hybridized carbons (Fsp3) is 0.667. The van der Waals surface area contributed by atoms with Gasteiger partial charge in [-0.15, -0.1) is 0 Å². The molecule has 0 amide bonds. The van der Waals surface area contributed by atoms with E-state index in [-0.39, 0.29) is 5.60 Å². The van der Waals surface area contributed by atoms with Gasteiger partial charge >= 0.3 is 0 Å². The second-order valence-electron chi connectivity index (χ2n) is 7.09. The first-order valence-electron chi connectivity index (χ1n) is 8.37. The quantitative estimate of drug-likeness (QED) is 0.785. The van der Waals surface area contributed by atoms with Crippen molar-refractivity contribution in [2.45, 2.75) is 51.3 Å². The first kappa shape index (κ1) is 15.6. The number of ether oxygens (including phenoxy) is 2. The van der Waals surface area contributed by atoms with Gasteiger partial charge in [-0.1, -0.05) is 6.07 Å². The Bertz CT molecular complexity index is 512. The Morgan fingerprint density at radius 2 is 2.18 bits per heavy atom. The molecule has 0 atom stereocenters. The van der Waals surface area contributed by atoms with E-state index in [1.54, 1.807) is 7.11 Å². The molecular formula is C18H28N2O2. The van der Waals surface area contributed by atoms with Crippen LogP contribution >= 0.6 is 0 Å². The van der Waals surface area contributed by atoms with E-state index >= 15 is 0 Å². The van der Waals surface area contributed by atoms with Crippen molar-refractivity contribution in [2.75, 3.05) is 31.7 Å². The maximum atomic E-state index is 6.16. The number of anilines is 1. The van der Waals surface area contributed by atoms with Crippen LogP contribution in [0.4, 0.5) is 5.69 Å². The van der Waals surface area contributed by atoms with Crippen molar-refractivity contribution in [3.63, 3.8) is 0 Å². The molecule has 1 saturated carbocycles. The van der Waals surface area contributed by atoms with Crippen molar-refractivity contribution in [2.24, 2.45) is 0 Å². The Balaban J connectivity index is 1.74. The van der Waals surface area contributed by atoms with Gasteiger partial charge in [-0.05, 0) is 50.8 Å². The molecule has 22 heavy (non-hydrogen) atoms. The number of nitrogens with one attached hydrogen (secondary N) is 1. The number of fused-ring (bicyclic) bond motifs is 1. The zero-order valence-corrected chi connectivity index (χ0v) is 14.0. The highest BCUT2D eigenvalue weighted by Gasteiger charge is 2.31. The van der Waals surface area contributed by atoms with Gasteiger partial charge in [0.05, 0.1) is 12.2 Å². The van der Waals surface area contributed by atoms with Gasteiger partial charge in [-0.3, -0.25) is 0 Å². The molecule has 0 bridgehead atoms. The van der Waals surface area contributed by atoms with Crippen LogP contribution in [0.3, 0.4) is 0 Å². The van der Waals surface area contributed by atoms with Crippen LogP contribution in [0.5, 0.6) is 5.75 Å². The zero-order chi connectivity index (χ0) is 15.6. The summed E-state index contributed by atoms with van der Waals surface area (Å²) in [6.07, 6.45) is 3.69. The standard InChI is InChI=1S/C18H28N2O2/c1-18(2)13-20(9-4-10-21-3)16-11-14(5-8-17(16)22-18)12-19-15-6-7-15/h5,8,11,15,19H,4,6-7,9-10,12-13H2,1-3H3. The summed E-state index contributed by atoms with van der Waals surface area (Å²) in [6.45, 7) is 7.99. The van der Waals surface area contributed by atoms with E-state index in [0.717, 1.165) is 44.5 Å². The van der Waals surface area contributed by atoms with E-state index in [0.29, 0.717) is 0 Å². The van der Waals surface area contributed by atoms with Crippen LogP contribution in [0.25, 0.3) is 0 Å². The minimum absolute atomic E-state index is 0.145. The molecule has 122 valence electrons. The third-order valence-electron chi connectivity index (χ3n) is 4.27. The molecule has 2 aliphatic rings. The predicted octanol–water partition coefficient (Wildman–Crippen LogP) is 2.95. The lowest BCUT2D eigenvalue weighted by Crippen LogP contribution is -2.47. The molecule has 1 aromatic rings. The molecule has 4 heteroatoms. The first-order chi connectivity index (χ1) is 10.6. The van der Waals surface area contributed by atoms with Crippen molar-refractivity contribution >= 4 is 5.69 Å². The Labute approximate surface area is 133 Å². The van der Waals surface area contributed by atoms with E-state index in [1.165, 1.54) is 24.1 Å². The molecule has 1 N–H and O–H groups in total. The molecule has 1 aliphatic carbocycles. The van der Waals surface area contributed by atoms with Crippen LogP contribution in [0.15, 0.2) is 18.2 Å². The van der Waals surface area contributed by atoms with E-state index in [1.807, 2.05) is 0 Å². The van der Waals surface area contributed by atoms with Crippen LogP contribution in [0.1, 0.15) is 38.7 Å². The van der Waals surface area contributed by atoms with Gasteiger partial charge in [0.25, 0.3) is 0 Å². The lowest BCUT2D eigenvalue weighted by atomic mass is 10.0. The maximum absolute atomic E-state index is 6.16. The molecule has 1 heterocycles. The van der Waals surface area contributed by atoms with E-state index in [9.17, 15) is 0 Å². The van der Waals surface area contributed by atoms with Crippen molar-refractivity contribution in [1.82, 2.24) is 5.32 Å². The molecule has 1 aliphatic heterocycles. The molecule has 0 saturated heterocycles. The first-order valence-corrected chi connectivity index (χ1v) is 8.37. The number of hydrogen-bond acceptors (Lipinski definition) is 4. The van der Waals surface area contributed by atoms with Crippen LogP contribution in [-0.4, -0.2) is 38.4 Å². The molecule has 0 spiro atoms. The molecule has 1 aromatic carbocycles. The molecular weight excluding hydrogens is 276 g/mol. The summed E-state index contributed by atoms with van der Waals surface area (Å²) in [5.74, 6) is 1.00. The van der Waals surface area contributed by atoms with Crippen LogP contribution in [0.2, 0.25) is 0 Å². The van der Waals surface area contributed by atoms with Gasteiger partial charge in [0.2, 0.25) is 0 Å². The Hall–Kier alpha value is -1.26. The predicted molar refractivity (Wildman–Crippen MR) is 89.7 cm³/mol. The highest BCUT2D eigenvalue weighted by molar-refractivity contribution is 5.62. The summed E-state index contributed by atoms with van der Waals surface area (Å²) >= 11 is 0. The number of benzene rings is 1. The van der Waals surface area contributed by atoms with Crippen LogP contribution in [0, 0.1) is 0 Å². The van der Waals surface area contributed by atoms with Crippen molar-refractivity contribution in [3.8, 4) is 5.75 Å². The summed E-state index contributed by atoms with van der Waals surface area (Å²) < 4.78 is 11.4. The van der Waals surface area contributed by atoms with Gasteiger partial charge < -0.3 is 19.7 Å². The molecule has 1 fully saturated rings. The fourth-order valence-electron chi connectivity index (χ4n) is 3.03. The third-order valence-corrected chi connectivity index (χ3v) is 4.27. The lowest BCUT2D eigenvalue weighted by molar-refractivity contribution is 0.104. The maximum Gasteiger partial charge on any atom is 0.143 e. The van der Waals surface area contributed by atoms with Crippen LogP contribution < -0.4 is 15.0 Å². The summed E-state index contributed by atoms with van der Waals surface area (Å²) in [5, 5.41) is 3.58. The van der Waals surface area contributed by atoms with Crippen molar-refractivity contribution in [3.05, 3.63) is 23.8 Å². The van der Waals surface area contributed by atoms with E-state index in [4.69, 9.17) is 9.47 Å². The van der Waals surface area contributed by atoms with Gasteiger partial charge in [0.1, 0.15) is 11.4 Å². The highest BCUT2D eigenvalue weighted by Crippen LogP contribution is 2.37. The van der Waals surface area contributed by atoms with Gasteiger partial charge in [0, 0.05) is 32.8 Å². The molecule has 0 aromatic heterocycles. The Morgan fingerprint density at radius 1 is 1.36 bits per heavy atom. The number of nitrogens with zero attached hydrogens (tertiary/aromatic N) is 1. The Morgan fingerprint density at radius 3 is 2.91 bits per heavy atom. The monoisotopic (exact) mass is 304 g/mol. The van der Waals surface area contributed by atoms with Crippen LogP contribution in [-0.2, 0) is 11.3 Å². The van der Waals surface area contributed by atoms with Gasteiger partial charge in [0.15, 0.2) is 0 Å². The molecule has 3 rings (SSSR count). The summed E-state index contributed by atoms with van der Waals surface area (Å²) in [4.78, 5) is 2.44. The topological polar surface area (TPSA) is 33.7 Å². The smallest absolute Gasteiger partial charge is 0.143 e. The summed E-state index contributed by atoms with van der Waals surface area (Å²) in [7, 11) is 1.76. The van der Waals surface area contributed by atoms with Crippen molar-refractivity contribution in [1.29, 1.82) is 0 Å². The SMILES string of the molecule is COCCCN1CC(C)(C)Oc2ccc(CNC3CC3)cc21. The second-order valence-corrected chi connectivity index (χ2v) is 7.09.